The number of amides is 3. The lowest BCUT2D eigenvalue weighted by Gasteiger charge is -2.38. The molecule has 1 aromatic rings. The van der Waals surface area contributed by atoms with Crippen molar-refractivity contribution >= 4 is 35.0 Å². The fraction of sp³-hybridized carbons (Fsp3) is 0.594. The molecule has 8 atom stereocenters. The van der Waals surface area contributed by atoms with Crippen LogP contribution in [-0.2, 0) is 19.1 Å². The number of likely N-dealkylation sites (tertiary alicyclic amines) is 1. The number of ether oxygens (including phenoxy) is 1. The Morgan fingerprint density at radius 3 is 2.65 bits per heavy atom. The molecule has 8 heteroatoms. The lowest BCUT2D eigenvalue weighted by atomic mass is 9.73. The molecule has 3 fully saturated rings. The third kappa shape index (κ3) is 4.79. The first kappa shape index (κ1) is 27.5. The largest absolute Gasteiger partial charge is 0.359 e. The first-order valence-corrected chi connectivity index (χ1v) is 15.4. The number of anilines is 1. The van der Waals surface area contributed by atoms with Crippen molar-refractivity contribution < 1.29 is 19.1 Å². The van der Waals surface area contributed by atoms with Crippen molar-refractivity contribution in [3.8, 4) is 0 Å². The van der Waals surface area contributed by atoms with E-state index in [0.717, 1.165) is 38.5 Å². The molecule has 40 heavy (non-hydrogen) atoms. The highest BCUT2D eigenvalue weighted by Crippen LogP contribution is 2.55. The third-order valence-corrected chi connectivity index (χ3v) is 10.4. The number of carbonyl (C=O) groups excluding carboxylic acids is 3. The average molecular weight is 566 g/mol. The van der Waals surface area contributed by atoms with Gasteiger partial charge in [-0.2, -0.15) is 0 Å². The fourth-order valence-electron chi connectivity index (χ4n) is 7.71. The topological polar surface area (TPSA) is 87.7 Å². The Labute approximate surface area is 241 Å². The van der Waals surface area contributed by atoms with Crippen molar-refractivity contribution in [2.75, 3.05) is 11.9 Å². The Morgan fingerprint density at radius 2 is 1.90 bits per heavy atom. The Bertz CT molecular complexity index is 1230. The summed E-state index contributed by atoms with van der Waals surface area (Å²) in [7, 11) is 0. The highest BCUT2D eigenvalue weighted by Gasteiger charge is 2.72. The van der Waals surface area contributed by atoms with Gasteiger partial charge < -0.3 is 20.3 Å². The van der Waals surface area contributed by atoms with Crippen LogP contribution >= 0.6 is 11.6 Å². The van der Waals surface area contributed by atoms with E-state index in [2.05, 4.69) is 30.6 Å². The first-order valence-electron chi connectivity index (χ1n) is 15.0. The summed E-state index contributed by atoms with van der Waals surface area (Å²) in [6.45, 7) is 4.90. The number of benzene rings is 1. The van der Waals surface area contributed by atoms with E-state index < -0.39 is 29.6 Å². The molecule has 2 saturated heterocycles. The minimum absolute atomic E-state index is 0.0660. The van der Waals surface area contributed by atoms with Crippen molar-refractivity contribution in [2.45, 2.75) is 89.0 Å². The highest BCUT2D eigenvalue weighted by molar-refractivity contribution is 6.30. The summed E-state index contributed by atoms with van der Waals surface area (Å²) in [5.74, 6) is -1.16. The summed E-state index contributed by atoms with van der Waals surface area (Å²) in [5.41, 5.74) is 0.815. The predicted molar refractivity (Wildman–Crippen MR) is 155 cm³/mol. The van der Waals surface area contributed by atoms with E-state index in [9.17, 15) is 14.4 Å². The summed E-state index contributed by atoms with van der Waals surface area (Å²) in [6.07, 6.45) is 13.9. The molecule has 2 bridgehead atoms. The van der Waals surface area contributed by atoms with Gasteiger partial charge in [0.15, 0.2) is 0 Å². The number of rotatable bonds is 7. The average Bonchev–Trinajstić information content (AvgIpc) is 3.59. The predicted octanol–water partition coefficient (Wildman–Crippen LogP) is 5.26. The van der Waals surface area contributed by atoms with E-state index in [4.69, 9.17) is 16.3 Å². The first-order chi connectivity index (χ1) is 19.3. The van der Waals surface area contributed by atoms with Gasteiger partial charge in [0.2, 0.25) is 17.7 Å². The number of fused-ring (bicyclic) bond motifs is 1. The standard InChI is InChI=1S/C32H40ClN3O4/c1-19-7-6-10-24(20(19)2)35-30(38)28-32-17-15-25(40-32)26(29(37)34-23-13-11-22(33)12-14-23)27(32)31(39)36(28)18-16-21-8-4-3-5-9-21/h8,11-15,17,19-20,24-28H,3-7,9-10,16,18H2,1-2H3,(H,34,37)(H,35,38)/t19-,20-,24+,25+,26+,27+,28+,32+/m1/s1. The smallest absolute Gasteiger partial charge is 0.246 e. The highest BCUT2D eigenvalue weighted by atomic mass is 35.5. The number of carbonyl (C=O) groups is 3. The molecule has 3 aliphatic heterocycles. The maximum atomic E-state index is 14.2. The molecule has 0 aromatic heterocycles. The van der Waals surface area contributed by atoms with Crippen molar-refractivity contribution in [3.05, 3.63) is 53.1 Å². The number of halogens is 1. The number of nitrogens with one attached hydrogen (secondary N) is 2. The molecule has 1 spiro atoms. The molecule has 214 valence electrons. The molecule has 5 aliphatic rings. The molecule has 2 aliphatic carbocycles. The van der Waals surface area contributed by atoms with Gasteiger partial charge in [-0.1, -0.05) is 62.1 Å². The van der Waals surface area contributed by atoms with Crippen LogP contribution in [0.15, 0.2) is 48.1 Å². The van der Waals surface area contributed by atoms with Gasteiger partial charge >= 0.3 is 0 Å². The summed E-state index contributed by atoms with van der Waals surface area (Å²) in [5, 5.41) is 6.86. The zero-order chi connectivity index (χ0) is 28.0. The molecule has 1 saturated carbocycles. The van der Waals surface area contributed by atoms with Crippen molar-refractivity contribution in [2.24, 2.45) is 23.7 Å². The minimum atomic E-state index is -1.14. The Balaban J connectivity index is 1.28. The maximum absolute atomic E-state index is 14.2. The molecule has 1 aromatic carbocycles. The van der Waals surface area contributed by atoms with E-state index in [1.807, 2.05) is 12.2 Å². The van der Waals surface area contributed by atoms with Crippen LogP contribution in [-0.4, -0.2) is 53.0 Å². The second-order valence-corrected chi connectivity index (χ2v) is 12.9. The monoisotopic (exact) mass is 565 g/mol. The van der Waals surface area contributed by atoms with E-state index in [1.165, 1.54) is 18.4 Å². The van der Waals surface area contributed by atoms with Crippen LogP contribution in [0.25, 0.3) is 0 Å². The lowest BCUT2D eigenvalue weighted by Crippen LogP contribution is -2.58. The van der Waals surface area contributed by atoms with Crippen molar-refractivity contribution in [1.82, 2.24) is 10.2 Å². The molecule has 2 N–H and O–H groups in total. The fourth-order valence-corrected chi connectivity index (χ4v) is 7.84. The van der Waals surface area contributed by atoms with Crippen LogP contribution in [0.2, 0.25) is 5.02 Å². The van der Waals surface area contributed by atoms with Crippen LogP contribution in [0.4, 0.5) is 5.69 Å². The quantitative estimate of drug-likeness (QED) is 0.441. The van der Waals surface area contributed by atoms with Crippen LogP contribution in [0.5, 0.6) is 0 Å². The summed E-state index contributed by atoms with van der Waals surface area (Å²) in [6, 6.07) is 6.17. The van der Waals surface area contributed by atoms with Crippen LogP contribution < -0.4 is 10.6 Å². The third-order valence-electron chi connectivity index (χ3n) is 10.1. The molecular weight excluding hydrogens is 526 g/mol. The molecule has 3 amide bonds. The van der Waals surface area contributed by atoms with Crippen LogP contribution in [0, 0.1) is 23.7 Å². The maximum Gasteiger partial charge on any atom is 0.246 e. The van der Waals surface area contributed by atoms with Gasteiger partial charge in [-0.05, 0) is 74.6 Å². The number of allylic oxidation sites excluding steroid dienone is 1. The minimum Gasteiger partial charge on any atom is -0.359 e. The van der Waals surface area contributed by atoms with Gasteiger partial charge in [0.05, 0.1) is 17.9 Å². The lowest BCUT2D eigenvalue weighted by molar-refractivity contribution is -0.141. The molecule has 0 radical (unpaired) electrons. The van der Waals surface area contributed by atoms with E-state index in [1.54, 1.807) is 29.2 Å². The zero-order valence-electron chi connectivity index (χ0n) is 23.4. The van der Waals surface area contributed by atoms with Gasteiger partial charge in [-0.25, -0.2) is 0 Å². The molecule has 0 unspecified atom stereocenters. The van der Waals surface area contributed by atoms with E-state index >= 15 is 0 Å². The summed E-state index contributed by atoms with van der Waals surface area (Å²) in [4.78, 5) is 43.7. The Kier molecular flexibility index (Phi) is 7.55. The van der Waals surface area contributed by atoms with Crippen molar-refractivity contribution in [1.29, 1.82) is 0 Å². The van der Waals surface area contributed by atoms with Crippen molar-refractivity contribution in [3.63, 3.8) is 0 Å². The van der Waals surface area contributed by atoms with Gasteiger partial charge in [-0.3, -0.25) is 14.4 Å². The number of hydrogen-bond donors (Lipinski definition) is 2. The molecule has 3 heterocycles. The van der Waals surface area contributed by atoms with E-state index in [-0.39, 0.29) is 23.8 Å². The summed E-state index contributed by atoms with van der Waals surface area (Å²) < 4.78 is 6.51. The second kappa shape index (κ2) is 11.0. The normalized spacial score (nSPS) is 36.4. The van der Waals surface area contributed by atoms with Gasteiger partial charge in [0.25, 0.3) is 0 Å². The Hall–Kier alpha value is -2.64. The number of hydrogen-bond acceptors (Lipinski definition) is 4. The SMILES string of the molecule is C[C@@H]1[C@H](C)CCC[C@@H]1NC(=O)[C@@H]1N(CCC2=CCCCC2)C(=O)[C@@H]2[C@@H](C(=O)Nc3ccc(Cl)cc3)[C@@H]3C=C[C@]21O3. The molecule has 6 rings (SSSR count). The zero-order valence-corrected chi connectivity index (χ0v) is 24.2. The van der Waals surface area contributed by atoms with Crippen LogP contribution in [0.3, 0.4) is 0 Å². The summed E-state index contributed by atoms with van der Waals surface area (Å²) >= 11 is 6.02. The Morgan fingerprint density at radius 1 is 1.10 bits per heavy atom. The van der Waals surface area contributed by atoms with Crippen LogP contribution in [0.1, 0.15) is 65.2 Å². The van der Waals surface area contributed by atoms with E-state index in [0.29, 0.717) is 29.1 Å². The number of nitrogens with zero attached hydrogens (tertiary/aromatic N) is 1. The van der Waals surface area contributed by atoms with Gasteiger partial charge in [0.1, 0.15) is 11.6 Å². The van der Waals surface area contributed by atoms with Gasteiger partial charge in [-0.15, -0.1) is 0 Å². The molecular formula is C32H40ClN3O4. The van der Waals surface area contributed by atoms with Gasteiger partial charge in [0, 0.05) is 23.3 Å². The second-order valence-electron chi connectivity index (χ2n) is 12.5. The molecule has 7 nitrogen and oxygen atoms in total.